The van der Waals surface area contributed by atoms with Gasteiger partial charge in [-0.05, 0) is 24.3 Å². The quantitative estimate of drug-likeness (QED) is 0.804. The maximum Gasteiger partial charge on any atom is 0.159 e. The van der Waals surface area contributed by atoms with Crippen molar-refractivity contribution in [1.82, 2.24) is 0 Å². The number of allylic oxidation sites excluding steroid dienone is 1. The molecular weight excluding hydrogens is 366 g/mol. The number of nitriles is 2. The van der Waals surface area contributed by atoms with E-state index in [1.54, 1.807) is 4.90 Å². The third-order valence-corrected chi connectivity index (χ3v) is 3.98. The number of hydrogen-bond donors (Lipinski definition) is 1. The van der Waals surface area contributed by atoms with Crippen molar-refractivity contribution >= 4 is 33.3 Å². The lowest BCUT2D eigenvalue weighted by atomic mass is 10.1. The molecule has 1 aliphatic rings. The zero-order chi connectivity index (χ0) is 17.1. The van der Waals surface area contributed by atoms with E-state index in [-0.39, 0.29) is 17.1 Å². The lowest BCUT2D eigenvalue weighted by molar-refractivity contribution is 1.34. The Morgan fingerprint density at radius 2 is 1.62 bits per heavy atom. The smallest absolute Gasteiger partial charge is 0.159 e. The van der Waals surface area contributed by atoms with Crippen molar-refractivity contribution in [1.29, 1.82) is 15.9 Å². The summed E-state index contributed by atoms with van der Waals surface area (Å²) in [6.07, 6.45) is 0. The van der Waals surface area contributed by atoms with Gasteiger partial charge < -0.3 is 0 Å². The summed E-state index contributed by atoms with van der Waals surface area (Å²) in [7, 11) is 0. The van der Waals surface area contributed by atoms with Crippen LogP contribution in [0.25, 0.3) is 0 Å². The molecule has 0 amide bonds. The Balaban J connectivity index is 2.20. The first-order valence-electron chi connectivity index (χ1n) is 6.99. The van der Waals surface area contributed by atoms with E-state index in [0.717, 1.165) is 15.7 Å². The summed E-state index contributed by atoms with van der Waals surface area (Å²) in [5.41, 5.74) is 1.45. The van der Waals surface area contributed by atoms with Gasteiger partial charge in [0.2, 0.25) is 0 Å². The van der Waals surface area contributed by atoms with Crippen LogP contribution in [-0.2, 0) is 0 Å². The van der Waals surface area contributed by atoms with Crippen LogP contribution in [0.5, 0.6) is 0 Å². The fraction of sp³-hybridized carbons (Fsp3) is 0. The summed E-state index contributed by atoms with van der Waals surface area (Å²) in [6.45, 7) is 0. The molecule has 6 heteroatoms. The molecule has 1 heterocycles. The van der Waals surface area contributed by atoms with Gasteiger partial charge in [-0.2, -0.15) is 10.5 Å². The standard InChI is InChI=1S/C18H10BrN5/c19-14-6-8-15(9-7-14)24-17(22)16(13(10-20)11-21)23-18(24)12-4-2-1-3-5-12/h1-9,22H. The first-order chi connectivity index (χ1) is 11.7. The highest BCUT2D eigenvalue weighted by atomic mass is 79.9. The van der Waals surface area contributed by atoms with Gasteiger partial charge >= 0.3 is 0 Å². The number of aliphatic imine (C=N–C) groups is 1. The van der Waals surface area contributed by atoms with Crippen molar-refractivity contribution in [3.63, 3.8) is 0 Å². The van der Waals surface area contributed by atoms with Crippen LogP contribution < -0.4 is 4.90 Å². The lowest BCUT2D eigenvalue weighted by Crippen LogP contribution is -2.32. The number of nitrogens with one attached hydrogen (secondary N) is 1. The summed E-state index contributed by atoms with van der Waals surface area (Å²) in [5.74, 6) is 0.523. The molecule has 2 aromatic rings. The Labute approximate surface area is 147 Å². The Morgan fingerprint density at radius 1 is 1.00 bits per heavy atom. The maximum atomic E-state index is 9.13. The third-order valence-electron chi connectivity index (χ3n) is 3.45. The monoisotopic (exact) mass is 375 g/mol. The molecule has 0 radical (unpaired) electrons. The summed E-state index contributed by atoms with van der Waals surface area (Å²) in [4.78, 5) is 6.03. The molecule has 0 unspecified atom stereocenters. The summed E-state index contributed by atoms with van der Waals surface area (Å²) in [5, 5.41) is 26.7. The molecule has 0 atom stereocenters. The SMILES string of the molecule is N#CC(C#N)=C1N=C(c2ccccc2)N(c2ccc(Br)cc2)C1=N. The van der Waals surface area contributed by atoms with Crippen molar-refractivity contribution < 1.29 is 0 Å². The highest BCUT2D eigenvalue weighted by Crippen LogP contribution is 2.29. The number of anilines is 1. The Morgan fingerprint density at radius 3 is 2.21 bits per heavy atom. The van der Waals surface area contributed by atoms with E-state index in [0.29, 0.717) is 5.84 Å². The van der Waals surface area contributed by atoms with Gasteiger partial charge in [-0.15, -0.1) is 0 Å². The van der Waals surface area contributed by atoms with Crippen LogP contribution >= 0.6 is 15.9 Å². The second kappa shape index (κ2) is 6.49. The lowest BCUT2D eigenvalue weighted by Gasteiger charge is -2.20. The minimum Gasteiger partial charge on any atom is -0.282 e. The molecule has 5 nitrogen and oxygen atoms in total. The molecule has 0 aromatic heterocycles. The third kappa shape index (κ3) is 2.71. The second-order valence-electron chi connectivity index (χ2n) is 4.91. The fourth-order valence-corrected chi connectivity index (χ4v) is 2.61. The maximum absolute atomic E-state index is 9.13. The van der Waals surface area contributed by atoms with Crippen LogP contribution in [0, 0.1) is 28.1 Å². The van der Waals surface area contributed by atoms with Gasteiger partial charge in [-0.3, -0.25) is 10.3 Å². The van der Waals surface area contributed by atoms with Crippen LogP contribution in [0.15, 0.2) is 75.3 Å². The molecule has 0 fully saturated rings. The normalized spacial score (nSPS) is 13.3. The van der Waals surface area contributed by atoms with Crippen molar-refractivity contribution in [3.8, 4) is 12.1 Å². The van der Waals surface area contributed by atoms with Crippen LogP contribution in [0.3, 0.4) is 0 Å². The second-order valence-corrected chi connectivity index (χ2v) is 5.82. The minimum absolute atomic E-state index is 0.00859. The highest BCUT2D eigenvalue weighted by Gasteiger charge is 2.31. The average Bonchev–Trinajstić information content (AvgIpc) is 2.95. The first kappa shape index (κ1) is 15.7. The van der Waals surface area contributed by atoms with Gasteiger partial charge in [-0.1, -0.05) is 46.3 Å². The van der Waals surface area contributed by atoms with E-state index in [4.69, 9.17) is 15.9 Å². The predicted octanol–water partition coefficient (Wildman–Crippen LogP) is 3.99. The van der Waals surface area contributed by atoms with Gasteiger partial charge in [0.15, 0.2) is 11.4 Å². The molecule has 0 saturated heterocycles. The van der Waals surface area contributed by atoms with Gasteiger partial charge in [-0.25, -0.2) is 4.99 Å². The van der Waals surface area contributed by atoms with Gasteiger partial charge in [0.1, 0.15) is 23.7 Å². The molecule has 0 saturated carbocycles. The van der Waals surface area contributed by atoms with E-state index in [1.807, 2.05) is 66.7 Å². The molecule has 0 bridgehead atoms. The molecule has 1 aliphatic heterocycles. The van der Waals surface area contributed by atoms with E-state index < -0.39 is 0 Å². The zero-order valence-corrected chi connectivity index (χ0v) is 13.9. The first-order valence-corrected chi connectivity index (χ1v) is 7.78. The molecule has 114 valence electrons. The molecular formula is C18H10BrN5. The van der Waals surface area contributed by atoms with E-state index in [2.05, 4.69) is 20.9 Å². The van der Waals surface area contributed by atoms with Crippen molar-refractivity contribution in [3.05, 3.63) is 75.9 Å². The van der Waals surface area contributed by atoms with Crippen molar-refractivity contribution in [2.45, 2.75) is 0 Å². The number of halogens is 1. The Hall–Kier alpha value is -3.22. The number of amidine groups is 2. The Bertz CT molecular complexity index is 928. The molecule has 0 aliphatic carbocycles. The van der Waals surface area contributed by atoms with Crippen molar-refractivity contribution in [2.24, 2.45) is 4.99 Å². The molecule has 1 N–H and O–H groups in total. The minimum atomic E-state index is -0.173. The van der Waals surface area contributed by atoms with Crippen LogP contribution in [0.1, 0.15) is 5.56 Å². The predicted molar refractivity (Wildman–Crippen MR) is 95.6 cm³/mol. The summed E-state index contributed by atoms with van der Waals surface area (Å²) < 4.78 is 0.917. The molecule has 3 rings (SSSR count). The largest absolute Gasteiger partial charge is 0.282 e. The van der Waals surface area contributed by atoms with Crippen LogP contribution in [-0.4, -0.2) is 11.7 Å². The van der Waals surface area contributed by atoms with E-state index >= 15 is 0 Å². The number of nitrogens with zero attached hydrogens (tertiary/aromatic N) is 4. The fourth-order valence-electron chi connectivity index (χ4n) is 2.35. The average molecular weight is 376 g/mol. The van der Waals surface area contributed by atoms with Crippen LogP contribution in [0.4, 0.5) is 5.69 Å². The topological polar surface area (TPSA) is 87.0 Å². The summed E-state index contributed by atoms with van der Waals surface area (Å²) >= 11 is 3.39. The molecule has 0 spiro atoms. The number of rotatable bonds is 2. The number of hydrogen-bond acceptors (Lipinski definition) is 4. The van der Waals surface area contributed by atoms with E-state index in [9.17, 15) is 0 Å². The van der Waals surface area contributed by atoms with Gasteiger partial charge in [0.25, 0.3) is 0 Å². The molecule has 2 aromatic carbocycles. The Kier molecular flexibility index (Phi) is 4.24. The van der Waals surface area contributed by atoms with E-state index in [1.165, 1.54) is 0 Å². The van der Waals surface area contributed by atoms with Gasteiger partial charge in [0.05, 0.1) is 0 Å². The zero-order valence-electron chi connectivity index (χ0n) is 12.4. The summed E-state index contributed by atoms with van der Waals surface area (Å²) in [6, 6.07) is 20.4. The van der Waals surface area contributed by atoms with Crippen molar-refractivity contribution in [2.75, 3.05) is 4.90 Å². The van der Waals surface area contributed by atoms with Gasteiger partial charge in [0, 0.05) is 15.7 Å². The highest BCUT2D eigenvalue weighted by molar-refractivity contribution is 9.10. The van der Waals surface area contributed by atoms with Crippen LogP contribution in [0.2, 0.25) is 0 Å². The number of benzene rings is 2. The molecule has 24 heavy (non-hydrogen) atoms.